The number of fused-ring (bicyclic) bond motifs is 1. The molecule has 23 heavy (non-hydrogen) atoms. The molecule has 0 unspecified atom stereocenters. The first-order chi connectivity index (χ1) is 11.0. The average Bonchev–Trinajstić information content (AvgIpc) is 2.50. The van der Waals surface area contributed by atoms with Crippen LogP contribution in [0.15, 0.2) is 27.4 Å². The van der Waals surface area contributed by atoms with Crippen LogP contribution < -0.4 is 15.1 Å². The van der Waals surface area contributed by atoms with Gasteiger partial charge in [0.25, 0.3) is 0 Å². The Hall–Kier alpha value is -2.70. The Morgan fingerprint density at radius 2 is 2.04 bits per heavy atom. The van der Waals surface area contributed by atoms with Crippen LogP contribution >= 0.6 is 0 Å². The first-order valence-corrected chi connectivity index (χ1v) is 7.30. The Kier molecular flexibility index (Phi) is 5.46. The molecule has 0 aliphatic heterocycles. The van der Waals surface area contributed by atoms with Crippen molar-refractivity contribution >= 4 is 16.9 Å². The highest BCUT2D eigenvalue weighted by atomic mass is 16.5. The fourth-order valence-electron chi connectivity index (χ4n) is 2.08. The summed E-state index contributed by atoms with van der Waals surface area (Å²) in [4.78, 5) is 22.2. The summed E-state index contributed by atoms with van der Waals surface area (Å²) in [5.74, 6) is -0.828. The molecule has 0 radical (unpaired) electrons. The minimum atomic E-state index is -0.835. The number of aliphatic carboxylic acids is 1. The summed E-state index contributed by atoms with van der Waals surface area (Å²) in [7, 11) is 0. The standard InChI is InChI=1S/C16H18O7/c1-2-21-15-14(19)11-7-6-10(9-12(11)23-16(15)20)22-8-4-3-5-13(17)18/h6-7,9,19H,2-5,8H2,1H3,(H,17,18). The maximum absolute atomic E-state index is 11.8. The molecule has 2 aromatic rings. The number of hydrogen-bond donors (Lipinski definition) is 2. The summed E-state index contributed by atoms with van der Waals surface area (Å²) in [5.41, 5.74) is -0.561. The van der Waals surface area contributed by atoms with Gasteiger partial charge < -0.3 is 24.1 Å². The third-order valence-corrected chi connectivity index (χ3v) is 3.15. The van der Waals surface area contributed by atoms with E-state index in [2.05, 4.69) is 0 Å². The van der Waals surface area contributed by atoms with E-state index >= 15 is 0 Å². The van der Waals surface area contributed by atoms with Gasteiger partial charge in [0.1, 0.15) is 11.3 Å². The molecular weight excluding hydrogens is 304 g/mol. The van der Waals surface area contributed by atoms with E-state index in [1.807, 2.05) is 0 Å². The summed E-state index contributed by atoms with van der Waals surface area (Å²) < 4.78 is 15.7. The molecule has 0 aliphatic rings. The van der Waals surface area contributed by atoms with Crippen LogP contribution in [0.4, 0.5) is 0 Å². The highest BCUT2D eigenvalue weighted by Crippen LogP contribution is 2.33. The normalized spacial score (nSPS) is 10.7. The summed E-state index contributed by atoms with van der Waals surface area (Å²) in [5, 5.41) is 19.0. The van der Waals surface area contributed by atoms with Crippen molar-refractivity contribution in [2.45, 2.75) is 26.2 Å². The van der Waals surface area contributed by atoms with Crippen LogP contribution in [0.25, 0.3) is 11.0 Å². The Balaban J connectivity index is 2.12. The number of carboxylic acids is 1. The van der Waals surface area contributed by atoms with Crippen LogP contribution in [0.3, 0.4) is 0 Å². The van der Waals surface area contributed by atoms with Crippen LogP contribution in [0, 0.1) is 0 Å². The van der Waals surface area contributed by atoms with Gasteiger partial charge in [-0.3, -0.25) is 4.79 Å². The summed E-state index contributed by atoms with van der Waals surface area (Å²) in [6.45, 7) is 2.29. The van der Waals surface area contributed by atoms with Crippen molar-refractivity contribution in [3.63, 3.8) is 0 Å². The van der Waals surface area contributed by atoms with Crippen LogP contribution in [0.2, 0.25) is 0 Å². The van der Waals surface area contributed by atoms with Gasteiger partial charge in [-0.15, -0.1) is 0 Å². The molecule has 1 aromatic heterocycles. The van der Waals surface area contributed by atoms with Crippen LogP contribution in [-0.4, -0.2) is 29.4 Å². The molecular formula is C16H18O7. The quantitative estimate of drug-likeness (QED) is 0.568. The zero-order valence-electron chi connectivity index (χ0n) is 12.7. The van der Waals surface area contributed by atoms with Crippen molar-refractivity contribution in [1.29, 1.82) is 0 Å². The van der Waals surface area contributed by atoms with Gasteiger partial charge in [-0.25, -0.2) is 4.79 Å². The Morgan fingerprint density at radius 1 is 1.26 bits per heavy atom. The summed E-state index contributed by atoms with van der Waals surface area (Å²) >= 11 is 0. The topological polar surface area (TPSA) is 106 Å². The zero-order chi connectivity index (χ0) is 16.8. The van der Waals surface area contributed by atoms with E-state index in [1.54, 1.807) is 19.1 Å². The number of benzene rings is 1. The monoisotopic (exact) mass is 322 g/mol. The predicted molar refractivity (Wildman–Crippen MR) is 82.3 cm³/mol. The molecule has 1 aromatic carbocycles. The third kappa shape index (κ3) is 4.15. The lowest BCUT2D eigenvalue weighted by molar-refractivity contribution is -0.137. The molecule has 0 aliphatic carbocycles. The average molecular weight is 322 g/mol. The van der Waals surface area contributed by atoms with E-state index in [9.17, 15) is 14.7 Å². The molecule has 7 nitrogen and oxygen atoms in total. The van der Waals surface area contributed by atoms with E-state index in [1.165, 1.54) is 6.07 Å². The van der Waals surface area contributed by atoms with Gasteiger partial charge >= 0.3 is 11.6 Å². The SMILES string of the molecule is CCOc1c(O)c2ccc(OCCCCC(=O)O)cc2oc1=O. The van der Waals surface area contributed by atoms with Crippen molar-refractivity contribution in [1.82, 2.24) is 0 Å². The van der Waals surface area contributed by atoms with Gasteiger partial charge in [0, 0.05) is 12.5 Å². The lowest BCUT2D eigenvalue weighted by Gasteiger charge is -2.09. The van der Waals surface area contributed by atoms with E-state index in [0.717, 1.165) is 0 Å². The van der Waals surface area contributed by atoms with Gasteiger partial charge in [0.05, 0.1) is 18.6 Å². The fourth-order valence-corrected chi connectivity index (χ4v) is 2.08. The Morgan fingerprint density at radius 3 is 2.74 bits per heavy atom. The lowest BCUT2D eigenvalue weighted by Crippen LogP contribution is -2.07. The number of unbranched alkanes of at least 4 members (excludes halogenated alkanes) is 1. The molecule has 0 saturated heterocycles. The number of ether oxygens (including phenoxy) is 2. The number of aromatic hydroxyl groups is 1. The first kappa shape index (κ1) is 16.7. The highest BCUT2D eigenvalue weighted by Gasteiger charge is 2.15. The van der Waals surface area contributed by atoms with E-state index in [0.29, 0.717) is 30.6 Å². The molecule has 2 rings (SSSR count). The van der Waals surface area contributed by atoms with Crippen molar-refractivity contribution in [3.05, 3.63) is 28.6 Å². The van der Waals surface area contributed by atoms with E-state index in [4.69, 9.17) is 19.0 Å². The van der Waals surface area contributed by atoms with Gasteiger partial charge in [-0.1, -0.05) is 0 Å². The maximum Gasteiger partial charge on any atom is 0.383 e. The smallest absolute Gasteiger partial charge is 0.383 e. The predicted octanol–water partition coefficient (Wildman–Crippen LogP) is 2.53. The lowest BCUT2D eigenvalue weighted by atomic mass is 10.2. The molecule has 1 heterocycles. The zero-order valence-corrected chi connectivity index (χ0v) is 12.7. The van der Waals surface area contributed by atoms with Gasteiger partial charge in [0.15, 0.2) is 5.75 Å². The van der Waals surface area contributed by atoms with Crippen molar-refractivity contribution in [3.8, 4) is 17.2 Å². The Bertz CT molecular complexity index is 748. The number of carboxylic acid groups (broad SMARTS) is 1. The van der Waals surface area contributed by atoms with Gasteiger partial charge in [0.2, 0.25) is 5.75 Å². The fraction of sp³-hybridized carbons (Fsp3) is 0.375. The molecule has 0 spiro atoms. The molecule has 124 valence electrons. The third-order valence-electron chi connectivity index (χ3n) is 3.15. The second-order valence-electron chi connectivity index (χ2n) is 4.86. The minimum absolute atomic E-state index is 0.101. The molecule has 0 saturated carbocycles. The van der Waals surface area contributed by atoms with Gasteiger partial charge in [-0.2, -0.15) is 0 Å². The van der Waals surface area contributed by atoms with Crippen molar-refractivity contribution < 1.29 is 28.9 Å². The second-order valence-corrected chi connectivity index (χ2v) is 4.86. The molecule has 7 heteroatoms. The summed E-state index contributed by atoms with van der Waals surface area (Å²) in [6.07, 6.45) is 1.23. The minimum Gasteiger partial charge on any atom is -0.504 e. The van der Waals surface area contributed by atoms with Crippen LogP contribution in [0.5, 0.6) is 17.2 Å². The van der Waals surface area contributed by atoms with E-state index in [-0.39, 0.29) is 30.1 Å². The van der Waals surface area contributed by atoms with Crippen LogP contribution in [-0.2, 0) is 4.79 Å². The highest BCUT2D eigenvalue weighted by molar-refractivity contribution is 5.86. The maximum atomic E-state index is 11.8. The van der Waals surface area contributed by atoms with Crippen LogP contribution in [0.1, 0.15) is 26.2 Å². The number of rotatable bonds is 8. The Labute approximate surface area is 132 Å². The van der Waals surface area contributed by atoms with Gasteiger partial charge in [-0.05, 0) is 31.9 Å². The largest absolute Gasteiger partial charge is 0.504 e. The first-order valence-electron chi connectivity index (χ1n) is 7.30. The molecule has 0 bridgehead atoms. The van der Waals surface area contributed by atoms with E-state index < -0.39 is 11.6 Å². The molecule has 0 fully saturated rings. The molecule has 2 N–H and O–H groups in total. The second kappa shape index (κ2) is 7.53. The number of carbonyl (C=O) groups is 1. The van der Waals surface area contributed by atoms with Crippen molar-refractivity contribution in [2.75, 3.05) is 13.2 Å². The molecule has 0 atom stereocenters. The summed E-state index contributed by atoms with van der Waals surface area (Å²) in [6, 6.07) is 4.71. The number of hydrogen-bond acceptors (Lipinski definition) is 6. The van der Waals surface area contributed by atoms with Crippen molar-refractivity contribution in [2.24, 2.45) is 0 Å². The molecule has 0 amide bonds.